The van der Waals surface area contributed by atoms with Crippen LogP contribution in [0.1, 0.15) is 28.7 Å². The Morgan fingerprint density at radius 3 is 2.13 bits per heavy atom. The molecule has 190 valence electrons. The fourth-order valence-electron chi connectivity index (χ4n) is 4.26. The average molecular weight is 542 g/mol. The van der Waals surface area contributed by atoms with Gasteiger partial charge in [-0.05, 0) is 66.1 Å². The lowest BCUT2D eigenvalue weighted by Crippen LogP contribution is -2.04. The summed E-state index contributed by atoms with van der Waals surface area (Å²) < 4.78 is 5.11. The quantitative estimate of drug-likeness (QED) is 0.161. The van der Waals surface area contributed by atoms with Gasteiger partial charge < -0.3 is 15.5 Å². The van der Waals surface area contributed by atoms with Crippen LogP contribution < -0.4 is 5.73 Å². The second-order valence-electron chi connectivity index (χ2n) is 8.82. The monoisotopic (exact) mass is 541 g/mol. The molecule has 0 radical (unpaired) electrons. The molecule has 5 aromatic rings. The number of aromatic amines is 1. The Morgan fingerprint density at radius 2 is 1.50 bits per heavy atom. The third-order valence-electron chi connectivity index (χ3n) is 6.19. The number of aromatic nitrogens is 2. The molecule has 0 unspecified atom stereocenters. The molecule has 0 atom stereocenters. The predicted octanol–water partition coefficient (Wildman–Crippen LogP) is 8.07. The number of carbonyl (C=O) groups excluding carboxylic acids is 1. The SMILES string of the molecule is CCOC(=O)c1ccc(-c2nc(Cc3ccc(-c4ccc(N)cc4)cc3)[nH]c2-c2ccc(Cl)cc2Cl)cc1. The molecule has 0 bridgehead atoms. The highest BCUT2D eigenvalue weighted by Gasteiger charge is 2.18. The van der Waals surface area contributed by atoms with E-state index in [0.717, 1.165) is 50.7 Å². The maximum Gasteiger partial charge on any atom is 0.338 e. The topological polar surface area (TPSA) is 81.0 Å². The van der Waals surface area contributed by atoms with Crippen molar-refractivity contribution in [2.75, 3.05) is 12.3 Å². The van der Waals surface area contributed by atoms with Crippen molar-refractivity contribution in [1.29, 1.82) is 0 Å². The molecule has 0 aliphatic carbocycles. The number of nitrogens with one attached hydrogen (secondary N) is 1. The second-order valence-corrected chi connectivity index (χ2v) is 9.67. The highest BCUT2D eigenvalue weighted by Crippen LogP contribution is 2.36. The highest BCUT2D eigenvalue weighted by molar-refractivity contribution is 6.36. The van der Waals surface area contributed by atoms with E-state index in [1.807, 2.05) is 42.5 Å². The number of imidazole rings is 1. The lowest BCUT2D eigenvalue weighted by molar-refractivity contribution is 0.0526. The van der Waals surface area contributed by atoms with E-state index >= 15 is 0 Å². The number of rotatable bonds is 7. The van der Waals surface area contributed by atoms with Crippen molar-refractivity contribution >= 4 is 34.9 Å². The Morgan fingerprint density at radius 1 is 0.868 bits per heavy atom. The Kier molecular flexibility index (Phi) is 7.50. The van der Waals surface area contributed by atoms with Gasteiger partial charge in [-0.2, -0.15) is 0 Å². The average Bonchev–Trinajstić information content (AvgIpc) is 3.33. The zero-order chi connectivity index (χ0) is 26.6. The maximum atomic E-state index is 12.1. The van der Waals surface area contributed by atoms with Crippen molar-refractivity contribution < 1.29 is 9.53 Å². The number of hydrogen-bond donors (Lipinski definition) is 2. The zero-order valence-electron chi connectivity index (χ0n) is 20.7. The molecule has 0 saturated heterocycles. The molecule has 4 aromatic carbocycles. The minimum absolute atomic E-state index is 0.323. The first-order valence-electron chi connectivity index (χ1n) is 12.2. The number of ether oxygens (including phenoxy) is 1. The number of hydrogen-bond acceptors (Lipinski definition) is 4. The summed E-state index contributed by atoms with van der Waals surface area (Å²) in [5.41, 5.74) is 13.5. The molecule has 3 N–H and O–H groups in total. The Bertz CT molecular complexity index is 1580. The molecule has 5 nitrogen and oxygen atoms in total. The summed E-state index contributed by atoms with van der Waals surface area (Å²) >= 11 is 12.7. The van der Waals surface area contributed by atoms with Crippen LogP contribution in [0.2, 0.25) is 10.0 Å². The summed E-state index contributed by atoms with van der Waals surface area (Å²) in [6, 6.07) is 28.8. The number of benzene rings is 4. The fourth-order valence-corrected chi connectivity index (χ4v) is 4.77. The van der Waals surface area contributed by atoms with E-state index in [-0.39, 0.29) is 5.97 Å². The van der Waals surface area contributed by atoms with E-state index in [1.165, 1.54) is 0 Å². The van der Waals surface area contributed by atoms with Crippen molar-refractivity contribution in [2.24, 2.45) is 0 Å². The van der Waals surface area contributed by atoms with E-state index in [1.54, 1.807) is 31.2 Å². The number of halogens is 2. The second kappa shape index (κ2) is 11.1. The molecular weight excluding hydrogens is 517 g/mol. The molecule has 1 aromatic heterocycles. The van der Waals surface area contributed by atoms with Crippen LogP contribution in [-0.4, -0.2) is 22.5 Å². The molecular formula is C31H25Cl2N3O2. The number of nitrogens with zero attached hydrogens (tertiary/aromatic N) is 1. The minimum Gasteiger partial charge on any atom is -0.462 e. The van der Waals surface area contributed by atoms with E-state index < -0.39 is 0 Å². The first-order valence-corrected chi connectivity index (χ1v) is 12.9. The molecule has 0 spiro atoms. The summed E-state index contributed by atoms with van der Waals surface area (Å²) in [5, 5.41) is 1.07. The van der Waals surface area contributed by atoms with Crippen molar-refractivity contribution in [1.82, 2.24) is 9.97 Å². The van der Waals surface area contributed by atoms with Crippen molar-refractivity contribution in [3.05, 3.63) is 118 Å². The van der Waals surface area contributed by atoms with Crippen LogP contribution in [0.4, 0.5) is 5.69 Å². The number of esters is 1. The standard InChI is InChI=1S/C31H25Cl2N3O2/c1-2-38-31(37)23-9-7-22(8-10-23)29-30(26-16-13-24(32)18-27(26)33)36-28(35-29)17-19-3-5-20(6-4-19)21-11-14-25(34)15-12-21/h3-16,18H,2,17,34H2,1H3,(H,35,36). The minimum atomic E-state index is -0.356. The first kappa shape index (κ1) is 25.6. The van der Waals surface area contributed by atoms with Gasteiger partial charge in [0.25, 0.3) is 0 Å². The van der Waals surface area contributed by atoms with Crippen LogP contribution in [0.15, 0.2) is 91.0 Å². The van der Waals surface area contributed by atoms with E-state index in [4.69, 9.17) is 38.7 Å². The summed E-state index contributed by atoms with van der Waals surface area (Å²) in [4.78, 5) is 20.5. The van der Waals surface area contributed by atoms with E-state index in [0.29, 0.717) is 28.6 Å². The number of H-pyrrole nitrogens is 1. The Labute approximate surface area is 231 Å². The van der Waals surface area contributed by atoms with E-state index in [9.17, 15) is 4.79 Å². The van der Waals surface area contributed by atoms with Crippen LogP contribution in [0.25, 0.3) is 33.6 Å². The van der Waals surface area contributed by atoms with Crippen LogP contribution in [-0.2, 0) is 11.2 Å². The number of nitrogen functional groups attached to an aromatic ring is 1. The summed E-state index contributed by atoms with van der Waals surface area (Å²) in [6.07, 6.45) is 0.598. The third kappa shape index (κ3) is 5.59. The van der Waals surface area contributed by atoms with Crippen LogP contribution in [0, 0.1) is 0 Å². The van der Waals surface area contributed by atoms with Crippen LogP contribution >= 0.6 is 23.2 Å². The lowest BCUT2D eigenvalue weighted by Gasteiger charge is -2.07. The summed E-state index contributed by atoms with van der Waals surface area (Å²) in [5.74, 6) is 0.431. The number of anilines is 1. The molecule has 7 heteroatoms. The normalized spacial score (nSPS) is 10.9. The van der Waals surface area contributed by atoms with Crippen LogP contribution in [0.3, 0.4) is 0 Å². The third-order valence-corrected chi connectivity index (χ3v) is 6.74. The predicted molar refractivity (Wildman–Crippen MR) is 155 cm³/mol. The van der Waals surface area contributed by atoms with Crippen molar-refractivity contribution in [2.45, 2.75) is 13.3 Å². The van der Waals surface area contributed by atoms with Gasteiger partial charge in [-0.25, -0.2) is 9.78 Å². The number of nitrogens with two attached hydrogens (primary N) is 1. The molecule has 5 rings (SSSR count). The van der Waals surface area contributed by atoms with Crippen molar-refractivity contribution in [3.63, 3.8) is 0 Å². The van der Waals surface area contributed by atoms with Gasteiger partial charge in [-0.15, -0.1) is 0 Å². The van der Waals surface area contributed by atoms with Gasteiger partial charge >= 0.3 is 5.97 Å². The fraction of sp³-hybridized carbons (Fsp3) is 0.0968. The van der Waals surface area contributed by atoms with Gasteiger partial charge in [0.15, 0.2) is 0 Å². The largest absolute Gasteiger partial charge is 0.462 e. The molecule has 0 fully saturated rings. The first-order chi connectivity index (χ1) is 18.4. The zero-order valence-corrected chi connectivity index (χ0v) is 22.2. The molecule has 0 aliphatic heterocycles. The summed E-state index contributed by atoms with van der Waals surface area (Å²) in [6.45, 7) is 2.11. The highest BCUT2D eigenvalue weighted by atomic mass is 35.5. The van der Waals surface area contributed by atoms with Crippen molar-refractivity contribution in [3.8, 4) is 33.6 Å². The van der Waals surface area contributed by atoms with Gasteiger partial charge in [0.05, 0.1) is 28.6 Å². The van der Waals surface area contributed by atoms with Crippen LogP contribution in [0.5, 0.6) is 0 Å². The smallest absolute Gasteiger partial charge is 0.338 e. The molecule has 0 aliphatic rings. The van der Waals surface area contributed by atoms with Gasteiger partial charge in [0.1, 0.15) is 5.82 Å². The molecule has 38 heavy (non-hydrogen) atoms. The van der Waals surface area contributed by atoms with Gasteiger partial charge in [0, 0.05) is 28.3 Å². The Hall–Kier alpha value is -4.06. The van der Waals surface area contributed by atoms with Gasteiger partial charge in [0.2, 0.25) is 0 Å². The maximum absolute atomic E-state index is 12.1. The number of carbonyl (C=O) groups is 1. The lowest BCUT2D eigenvalue weighted by atomic mass is 10.0. The summed E-state index contributed by atoms with van der Waals surface area (Å²) in [7, 11) is 0. The van der Waals surface area contributed by atoms with Gasteiger partial charge in [-0.3, -0.25) is 0 Å². The van der Waals surface area contributed by atoms with Gasteiger partial charge in [-0.1, -0.05) is 71.7 Å². The molecule has 0 saturated carbocycles. The molecule has 0 amide bonds. The molecule has 1 heterocycles. The Balaban J connectivity index is 1.48. The van der Waals surface area contributed by atoms with E-state index in [2.05, 4.69) is 29.2 Å².